The fourth-order valence-corrected chi connectivity index (χ4v) is 20.4. The summed E-state index contributed by atoms with van der Waals surface area (Å²) in [6, 6.07) is 162. The van der Waals surface area contributed by atoms with Crippen molar-refractivity contribution in [3.63, 3.8) is 0 Å². The van der Waals surface area contributed by atoms with Crippen LogP contribution in [0.2, 0.25) is 0 Å². The molecule has 0 bridgehead atoms. The first-order valence-electron chi connectivity index (χ1n) is 43.0. The third-order valence-corrected chi connectivity index (χ3v) is 26.1. The maximum Gasteiger partial charge on any atom is 0.240 e. The van der Waals surface area contributed by atoms with Gasteiger partial charge in [-0.2, -0.15) is 15.0 Å². The summed E-state index contributed by atoms with van der Waals surface area (Å²) in [7, 11) is 0. The lowest BCUT2D eigenvalue weighted by molar-refractivity contribution is 0.893. The second-order valence-corrected chi connectivity index (χ2v) is 33.0. The normalized spacial score (nSPS) is 12.0. The predicted molar refractivity (Wildman–Crippen MR) is 524 cm³/mol. The Bertz CT molecular complexity index is 8000. The number of fused-ring (bicyclic) bond motifs is 18. The molecule has 7 aromatic heterocycles. The van der Waals surface area contributed by atoms with E-state index in [1.54, 1.807) is 0 Å². The molecule has 0 unspecified atom stereocenters. The van der Waals surface area contributed by atoms with Crippen molar-refractivity contribution < 1.29 is 0 Å². The van der Waals surface area contributed by atoms with Gasteiger partial charge in [0.05, 0.1) is 66.2 Å². The summed E-state index contributed by atoms with van der Waals surface area (Å²) in [4.78, 5) is 18.0. The van der Waals surface area contributed by atoms with Gasteiger partial charge in [0.15, 0.2) is 5.82 Å². The van der Waals surface area contributed by atoms with Gasteiger partial charge in [0.2, 0.25) is 11.9 Å². The van der Waals surface area contributed by atoms with E-state index < -0.39 is 0 Å². The molecule has 7 heterocycles. The lowest BCUT2D eigenvalue weighted by atomic mass is 9.91. The Morgan fingerprint density at radius 3 is 0.579 bits per heavy atom. The minimum Gasteiger partial charge on any atom is -0.309 e. The summed E-state index contributed by atoms with van der Waals surface area (Å²) < 4.78 is 14.1. The van der Waals surface area contributed by atoms with Crippen LogP contribution in [-0.2, 0) is 0 Å². The van der Waals surface area contributed by atoms with Crippen LogP contribution in [-0.4, -0.2) is 42.4 Å². The van der Waals surface area contributed by atoms with Gasteiger partial charge in [-0.1, -0.05) is 273 Å². The van der Waals surface area contributed by atoms with E-state index in [1.807, 2.05) is 0 Å². The SMILES string of the molecule is c1ccc(-c2cccc(-c3ccccc3)c2-c2nc(-n3c4ccc(-c5ccc6c(c5)c5ccccc5n6-c5ccccc5)cc4c4cc(-c5ccc6c(c5)c5ccccc5n6-c5ccccc5)ccc43)nc(-n3c4ccc(-c5ccc6c(c5)c5ccccc5n6-c5ccccc5)cc4c4cc(-c5ccc6c(c5)c5ccccc5n6-c5ccccc5)ccc43)n2)cc1. The third kappa shape index (κ3) is 11.1. The van der Waals surface area contributed by atoms with E-state index in [1.165, 1.54) is 43.1 Å². The molecule has 586 valence electrons. The van der Waals surface area contributed by atoms with Gasteiger partial charge >= 0.3 is 0 Å². The van der Waals surface area contributed by atoms with E-state index >= 15 is 0 Å². The fourth-order valence-electron chi connectivity index (χ4n) is 20.4. The molecule has 0 amide bonds. The first kappa shape index (κ1) is 70.8. The van der Waals surface area contributed by atoms with Crippen molar-refractivity contribution in [3.05, 3.63) is 443 Å². The van der Waals surface area contributed by atoms with Gasteiger partial charge in [0.25, 0.3) is 0 Å². The number of hydrogen-bond donors (Lipinski definition) is 0. The van der Waals surface area contributed by atoms with Gasteiger partial charge < -0.3 is 18.3 Å². The van der Waals surface area contributed by atoms with E-state index in [0.717, 1.165) is 183 Å². The van der Waals surface area contributed by atoms with Crippen molar-refractivity contribution >= 4 is 131 Å². The molecule has 0 aliphatic heterocycles. The van der Waals surface area contributed by atoms with E-state index in [2.05, 4.69) is 470 Å². The van der Waals surface area contributed by atoms with Crippen LogP contribution < -0.4 is 0 Å². The van der Waals surface area contributed by atoms with E-state index in [4.69, 9.17) is 15.0 Å². The summed E-state index contributed by atoms with van der Waals surface area (Å²) in [5.41, 5.74) is 31.2. The van der Waals surface area contributed by atoms with Crippen LogP contribution in [0.25, 0.3) is 244 Å². The summed E-state index contributed by atoms with van der Waals surface area (Å²) in [6.07, 6.45) is 0. The lowest BCUT2D eigenvalue weighted by Crippen LogP contribution is -2.11. The minimum atomic E-state index is 0.469. The summed E-state index contributed by atoms with van der Waals surface area (Å²) in [5.74, 6) is 1.46. The molecule has 26 aromatic rings. The molecule has 9 heteroatoms. The molecular formula is C117H73N9. The summed E-state index contributed by atoms with van der Waals surface area (Å²) >= 11 is 0. The molecule has 0 saturated heterocycles. The number of hydrogen-bond acceptors (Lipinski definition) is 3. The summed E-state index contributed by atoms with van der Waals surface area (Å²) in [6.45, 7) is 0. The van der Waals surface area contributed by atoms with Crippen molar-refractivity contribution in [2.45, 2.75) is 0 Å². The van der Waals surface area contributed by atoms with Gasteiger partial charge in [-0.05, 0) is 237 Å². The number of benzene rings is 19. The lowest BCUT2D eigenvalue weighted by Gasteiger charge is -2.17. The van der Waals surface area contributed by atoms with Crippen LogP contribution in [0.15, 0.2) is 443 Å². The Morgan fingerprint density at radius 1 is 0.135 bits per heavy atom. The minimum absolute atomic E-state index is 0.469. The Hall–Kier alpha value is -17.0. The molecular weight excluding hydrogens is 1530 g/mol. The third-order valence-electron chi connectivity index (χ3n) is 26.1. The number of rotatable bonds is 13. The van der Waals surface area contributed by atoms with Crippen molar-refractivity contribution in [2.75, 3.05) is 0 Å². The van der Waals surface area contributed by atoms with Crippen LogP contribution in [0.3, 0.4) is 0 Å². The van der Waals surface area contributed by atoms with Crippen molar-refractivity contribution in [3.8, 4) is 113 Å². The molecule has 0 saturated carbocycles. The van der Waals surface area contributed by atoms with Crippen LogP contribution in [0.1, 0.15) is 0 Å². The van der Waals surface area contributed by atoms with Crippen molar-refractivity contribution in [1.82, 2.24) is 42.4 Å². The highest BCUT2D eigenvalue weighted by atomic mass is 15.3. The number of aromatic nitrogens is 9. The molecule has 126 heavy (non-hydrogen) atoms. The molecule has 0 radical (unpaired) electrons. The maximum atomic E-state index is 6.03. The zero-order valence-corrected chi connectivity index (χ0v) is 68.2. The topological polar surface area (TPSA) is 68.2 Å². The Morgan fingerprint density at radius 2 is 0.333 bits per heavy atom. The van der Waals surface area contributed by atoms with Crippen molar-refractivity contribution in [2.24, 2.45) is 0 Å². The monoisotopic (exact) mass is 1600 g/mol. The van der Waals surface area contributed by atoms with Crippen LogP contribution in [0.5, 0.6) is 0 Å². The van der Waals surface area contributed by atoms with Crippen LogP contribution in [0.4, 0.5) is 0 Å². The highest BCUT2D eigenvalue weighted by Crippen LogP contribution is 2.47. The van der Waals surface area contributed by atoms with Gasteiger partial charge in [0.1, 0.15) is 0 Å². The number of nitrogens with zero attached hydrogens (tertiary/aromatic N) is 9. The maximum absolute atomic E-state index is 6.03. The van der Waals surface area contributed by atoms with Gasteiger partial charge in [0, 0.05) is 92.9 Å². The molecule has 0 spiro atoms. The first-order valence-corrected chi connectivity index (χ1v) is 43.0. The Labute approximate surface area is 724 Å². The molecule has 26 rings (SSSR count). The van der Waals surface area contributed by atoms with Gasteiger partial charge in [-0.15, -0.1) is 0 Å². The zero-order valence-electron chi connectivity index (χ0n) is 68.2. The Balaban J connectivity index is 0.732. The second kappa shape index (κ2) is 28.3. The van der Waals surface area contributed by atoms with Gasteiger partial charge in [-0.25, -0.2) is 0 Å². The summed E-state index contributed by atoms with van der Waals surface area (Å²) in [5, 5.41) is 13.7. The standard InChI is InChI=1S/C117H73N9/c1-7-28-74(29-8-1)88-44-27-45-89(75-30-9-2-10-31-75)114(88)115-118-116(125-110-62-54-80(76-50-58-106-94(66-76)90-40-19-23-46-102(90)121(106)84-32-11-3-12-33-84)70-98(110)99-71-81(55-63-111(99)125)77-51-59-107-95(67-77)91-41-20-24-47-103(91)122(107)85-34-13-4-14-35-85)120-117(119-115)126-112-64-56-82(78-52-60-108-96(68-78)92-42-21-25-48-104(92)123(108)86-36-15-5-16-37-86)72-100(112)101-73-83(57-65-113(101)126)79-53-61-109-97(69-79)93-43-22-26-49-105(93)124(109)87-38-17-6-18-39-87/h1-73H. The molecule has 0 fully saturated rings. The van der Waals surface area contributed by atoms with E-state index in [-0.39, 0.29) is 0 Å². The average Bonchev–Trinajstić information content (AvgIpc) is 1.54. The molecule has 0 atom stereocenters. The van der Waals surface area contributed by atoms with E-state index in [0.29, 0.717) is 17.7 Å². The average molecular weight is 1600 g/mol. The van der Waals surface area contributed by atoms with Crippen LogP contribution in [0, 0.1) is 0 Å². The predicted octanol–water partition coefficient (Wildman–Crippen LogP) is 30.1. The highest BCUT2D eigenvalue weighted by molar-refractivity contribution is 6.18. The molecule has 9 nitrogen and oxygen atoms in total. The Kier molecular flexibility index (Phi) is 15.9. The molecule has 0 aliphatic rings. The largest absolute Gasteiger partial charge is 0.309 e. The van der Waals surface area contributed by atoms with Crippen molar-refractivity contribution in [1.29, 1.82) is 0 Å². The van der Waals surface area contributed by atoms with Gasteiger partial charge in [-0.3, -0.25) is 9.13 Å². The first-order chi connectivity index (χ1) is 62.5. The molecule has 19 aromatic carbocycles. The fraction of sp³-hybridized carbons (Fsp3) is 0. The highest BCUT2D eigenvalue weighted by Gasteiger charge is 2.28. The molecule has 0 aliphatic carbocycles. The second-order valence-electron chi connectivity index (χ2n) is 33.0. The van der Waals surface area contributed by atoms with Crippen LogP contribution >= 0.6 is 0 Å². The smallest absolute Gasteiger partial charge is 0.240 e. The number of para-hydroxylation sites is 8. The zero-order chi connectivity index (χ0) is 82.6. The van der Waals surface area contributed by atoms with E-state index in [9.17, 15) is 0 Å². The quantitative estimate of drug-likeness (QED) is 0.116. The molecule has 0 N–H and O–H groups in total.